The van der Waals surface area contributed by atoms with Crippen LogP contribution in [0, 0.1) is 0 Å². The maximum atomic E-state index is 13.0. The van der Waals surface area contributed by atoms with E-state index in [2.05, 4.69) is 15.3 Å². The molecule has 0 fully saturated rings. The Bertz CT molecular complexity index is 1430. The number of hydrogen-bond donors (Lipinski definition) is 1. The highest BCUT2D eigenvalue weighted by Crippen LogP contribution is 2.24. The summed E-state index contributed by atoms with van der Waals surface area (Å²) in [6, 6.07) is 14.1. The quantitative estimate of drug-likeness (QED) is 0.489. The van der Waals surface area contributed by atoms with Gasteiger partial charge in [-0.25, -0.2) is 13.4 Å². The number of methoxy groups -OCH3 is 1. The molecule has 0 radical (unpaired) electrons. The highest BCUT2D eigenvalue weighted by Gasteiger charge is 2.24. The van der Waals surface area contributed by atoms with Gasteiger partial charge in [-0.15, -0.1) is 0 Å². The molecule has 2 heterocycles. The largest absolute Gasteiger partial charge is 0.497 e. The van der Waals surface area contributed by atoms with Gasteiger partial charge in [0.25, 0.3) is 5.56 Å². The van der Waals surface area contributed by atoms with Gasteiger partial charge in [-0.1, -0.05) is 11.6 Å². The highest BCUT2D eigenvalue weighted by molar-refractivity contribution is 7.91. The van der Waals surface area contributed by atoms with Gasteiger partial charge < -0.3 is 10.1 Å². The number of aryl methyl sites for hydroxylation is 1. The molecule has 0 atom stereocenters. The molecule has 4 rings (SSSR count). The summed E-state index contributed by atoms with van der Waals surface area (Å²) in [5.41, 5.74) is 0.342. The van der Waals surface area contributed by atoms with Crippen LogP contribution in [-0.2, 0) is 16.9 Å². The lowest BCUT2D eigenvalue weighted by molar-refractivity contribution is 0.415. The molecule has 1 N–H and O–H groups in total. The van der Waals surface area contributed by atoms with Gasteiger partial charge in [-0.3, -0.25) is 9.36 Å². The van der Waals surface area contributed by atoms with Crippen molar-refractivity contribution >= 4 is 44.1 Å². The maximum Gasteiger partial charge on any atom is 0.271 e. The minimum atomic E-state index is -4.04. The minimum Gasteiger partial charge on any atom is -0.497 e. The Morgan fingerprint density at radius 3 is 2.39 bits per heavy atom. The van der Waals surface area contributed by atoms with E-state index in [1.807, 2.05) is 0 Å². The summed E-state index contributed by atoms with van der Waals surface area (Å²) < 4.78 is 32.3. The van der Waals surface area contributed by atoms with Crippen LogP contribution in [-0.4, -0.2) is 30.1 Å². The number of nitrogens with zero attached hydrogens (tertiary/aromatic N) is 3. The first-order valence-electron chi connectivity index (χ1n) is 9.08. The molecule has 0 unspecified atom stereocenters. The van der Waals surface area contributed by atoms with Crippen LogP contribution in [0.3, 0.4) is 0 Å². The fourth-order valence-corrected chi connectivity index (χ4v) is 4.54. The first kappa shape index (κ1) is 20.8. The molecule has 0 spiro atoms. The highest BCUT2D eigenvalue weighted by atomic mass is 35.5. The number of rotatable bonds is 5. The zero-order valence-corrected chi connectivity index (χ0v) is 18.1. The molecule has 31 heavy (non-hydrogen) atoms. The van der Waals surface area contributed by atoms with Crippen LogP contribution >= 0.6 is 11.6 Å². The average molecular weight is 457 g/mol. The van der Waals surface area contributed by atoms with E-state index in [1.54, 1.807) is 31.4 Å². The third kappa shape index (κ3) is 3.97. The molecule has 8 nitrogen and oxygen atoms in total. The first-order valence-corrected chi connectivity index (χ1v) is 10.9. The molecule has 10 heteroatoms. The van der Waals surface area contributed by atoms with E-state index >= 15 is 0 Å². The van der Waals surface area contributed by atoms with Crippen molar-refractivity contribution < 1.29 is 13.2 Å². The zero-order chi connectivity index (χ0) is 22.2. The zero-order valence-electron chi connectivity index (χ0n) is 16.5. The van der Waals surface area contributed by atoms with Crippen LogP contribution in [0.5, 0.6) is 5.75 Å². The van der Waals surface area contributed by atoms with Gasteiger partial charge in [0, 0.05) is 29.3 Å². The van der Waals surface area contributed by atoms with E-state index in [4.69, 9.17) is 16.3 Å². The smallest absolute Gasteiger partial charge is 0.271 e. The molecule has 2 aromatic carbocycles. The van der Waals surface area contributed by atoms with Crippen molar-refractivity contribution in [2.45, 2.75) is 9.79 Å². The summed E-state index contributed by atoms with van der Waals surface area (Å²) >= 11 is 5.84. The van der Waals surface area contributed by atoms with E-state index in [-0.39, 0.29) is 15.7 Å². The maximum absolute atomic E-state index is 13.0. The fourth-order valence-electron chi connectivity index (χ4n) is 3.01. The Labute approximate surface area is 183 Å². The lowest BCUT2D eigenvalue weighted by Gasteiger charge is -2.11. The van der Waals surface area contributed by atoms with Crippen molar-refractivity contribution in [3.8, 4) is 5.75 Å². The molecular weight excluding hydrogens is 440 g/mol. The van der Waals surface area contributed by atoms with Gasteiger partial charge in [0.2, 0.25) is 15.8 Å². The normalized spacial score (nSPS) is 11.5. The van der Waals surface area contributed by atoms with Gasteiger partial charge in [0.05, 0.1) is 12.0 Å². The first-order chi connectivity index (χ1) is 14.8. The molecule has 0 aliphatic carbocycles. The number of benzene rings is 2. The molecule has 0 amide bonds. The number of anilines is 2. The van der Waals surface area contributed by atoms with E-state index < -0.39 is 15.4 Å². The number of pyridine rings is 1. The predicted molar refractivity (Wildman–Crippen MR) is 118 cm³/mol. The van der Waals surface area contributed by atoms with E-state index in [9.17, 15) is 13.2 Å². The Hall–Kier alpha value is -3.43. The topological polar surface area (TPSA) is 103 Å². The second-order valence-electron chi connectivity index (χ2n) is 6.66. The lowest BCUT2D eigenvalue weighted by Crippen LogP contribution is -2.25. The molecule has 0 aliphatic rings. The van der Waals surface area contributed by atoms with Crippen LogP contribution < -0.4 is 15.6 Å². The number of halogens is 1. The van der Waals surface area contributed by atoms with Gasteiger partial charge in [-0.05, 0) is 54.6 Å². The summed E-state index contributed by atoms with van der Waals surface area (Å²) in [5, 5.41) is 3.86. The van der Waals surface area contributed by atoms with Crippen molar-refractivity contribution in [3.05, 3.63) is 76.2 Å². The number of nitrogens with one attached hydrogen (secondary N) is 1. The minimum absolute atomic E-state index is 0.0212. The number of sulfone groups is 1. The predicted octanol–water partition coefficient (Wildman–Crippen LogP) is 3.57. The van der Waals surface area contributed by atoms with Crippen molar-refractivity contribution in [1.82, 2.24) is 14.5 Å². The van der Waals surface area contributed by atoms with E-state index in [0.29, 0.717) is 21.8 Å². The van der Waals surface area contributed by atoms with Gasteiger partial charge in [0.1, 0.15) is 16.3 Å². The second-order valence-corrected chi connectivity index (χ2v) is 9.01. The third-order valence-corrected chi connectivity index (χ3v) is 6.69. The van der Waals surface area contributed by atoms with Crippen molar-refractivity contribution in [2.75, 3.05) is 12.4 Å². The van der Waals surface area contributed by atoms with Gasteiger partial charge in [-0.2, -0.15) is 4.98 Å². The fraction of sp³-hybridized carbons (Fsp3) is 0.0952. The monoisotopic (exact) mass is 456 g/mol. The van der Waals surface area contributed by atoms with Gasteiger partial charge in [0.15, 0.2) is 0 Å². The Morgan fingerprint density at radius 2 is 1.74 bits per heavy atom. The second kappa shape index (κ2) is 8.01. The van der Waals surface area contributed by atoms with Crippen LogP contribution in [0.1, 0.15) is 0 Å². The summed E-state index contributed by atoms with van der Waals surface area (Å²) in [5.74, 6) is 0.975. The van der Waals surface area contributed by atoms with Crippen molar-refractivity contribution in [3.63, 3.8) is 0 Å². The number of aromatic nitrogens is 3. The van der Waals surface area contributed by atoms with Crippen molar-refractivity contribution in [1.29, 1.82) is 0 Å². The Kier molecular flexibility index (Phi) is 5.38. The lowest BCUT2D eigenvalue weighted by atomic mass is 10.3. The molecule has 158 valence electrons. The van der Waals surface area contributed by atoms with Crippen molar-refractivity contribution in [2.24, 2.45) is 7.05 Å². The molecule has 4 aromatic rings. The van der Waals surface area contributed by atoms with Crippen LogP contribution in [0.4, 0.5) is 11.6 Å². The summed E-state index contributed by atoms with van der Waals surface area (Å²) in [6.07, 6.45) is 1.47. The van der Waals surface area contributed by atoms with Crippen LogP contribution in [0.15, 0.2) is 75.4 Å². The SMILES string of the molecule is COc1ccc(Nc2ncc3cc(S(=O)(=O)c4ccc(Cl)cc4)c(=O)n(C)c3n2)cc1. The molecular formula is C21H17ClN4O4S. The Balaban J connectivity index is 1.76. The van der Waals surface area contributed by atoms with Gasteiger partial charge >= 0.3 is 0 Å². The number of ether oxygens (including phenoxy) is 1. The Morgan fingerprint density at radius 1 is 1.06 bits per heavy atom. The molecule has 0 aliphatic heterocycles. The molecule has 0 saturated carbocycles. The van der Waals surface area contributed by atoms with E-state index in [1.165, 1.54) is 48.1 Å². The third-order valence-electron chi connectivity index (χ3n) is 4.68. The molecule has 2 aromatic heterocycles. The average Bonchev–Trinajstić information content (AvgIpc) is 2.77. The summed E-state index contributed by atoms with van der Waals surface area (Å²) in [7, 11) is -0.993. The molecule has 0 bridgehead atoms. The van der Waals surface area contributed by atoms with E-state index in [0.717, 1.165) is 5.69 Å². The number of hydrogen-bond acceptors (Lipinski definition) is 7. The van der Waals surface area contributed by atoms with Crippen LogP contribution in [0.2, 0.25) is 5.02 Å². The summed E-state index contributed by atoms with van der Waals surface area (Å²) in [4.78, 5) is 21.1. The number of fused-ring (bicyclic) bond motifs is 1. The molecule has 0 saturated heterocycles. The van der Waals surface area contributed by atoms with Crippen LogP contribution in [0.25, 0.3) is 11.0 Å². The summed E-state index contributed by atoms with van der Waals surface area (Å²) in [6.45, 7) is 0. The standard InChI is InChI=1S/C21H17ClN4O4S/c1-26-19-13(12-23-21(25-19)24-15-5-7-16(30-2)8-6-15)11-18(20(26)27)31(28,29)17-9-3-14(22)4-10-17/h3-12H,1-2H3,(H,23,24,25).